The van der Waals surface area contributed by atoms with Crippen molar-refractivity contribution in [2.75, 3.05) is 6.61 Å². The van der Waals surface area contributed by atoms with Crippen molar-refractivity contribution in [3.63, 3.8) is 0 Å². The third kappa shape index (κ3) is 3.17. The summed E-state index contributed by atoms with van der Waals surface area (Å²) in [5, 5.41) is 3.82. The molecule has 0 atom stereocenters. The molecule has 0 spiro atoms. The average Bonchev–Trinajstić information content (AvgIpc) is 2.73. The summed E-state index contributed by atoms with van der Waals surface area (Å²) in [6.07, 6.45) is 0.127. The number of carbonyl (C=O) groups is 1. The third-order valence-corrected chi connectivity index (χ3v) is 2.88. The number of hydrogen-bond acceptors (Lipinski definition) is 5. The summed E-state index contributed by atoms with van der Waals surface area (Å²) in [7, 11) is 0. The van der Waals surface area contributed by atoms with E-state index in [4.69, 9.17) is 14.0 Å². The Balaban J connectivity index is 2.09. The Hall–Kier alpha value is -2.30. The second-order valence-corrected chi connectivity index (χ2v) is 4.33. The second kappa shape index (κ2) is 6.23. The average molecular weight is 275 g/mol. The maximum atomic E-state index is 12.0. The van der Waals surface area contributed by atoms with Gasteiger partial charge in [0.15, 0.2) is 11.5 Å². The van der Waals surface area contributed by atoms with Crippen LogP contribution in [-0.4, -0.2) is 17.7 Å². The summed E-state index contributed by atoms with van der Waals surface area (Å²) in [6, 6.07) is 7.09. The molecule has 0 unspecified atom stereocenters. The van der Waals surface area contributed by atoms with Crippen LogP contribution in [0.15, 0.2) is 28.8 Å². The zero-order valence-corrected chi connectivity index (χ0v) is 11.8. The quantitative estimate of drug-likeness (QED) is 0.620. The molecule has 0 amide bonds. The summed E-state index contributed by atoms with van der Waals surface area (Å²) >= 11 is 0. The van der Waals surface area contributed by atoms with Crippen molar-refractivity contribution in [3.8, 4) is 11.5 Å². The second-order valence-electron chi connectivity index (χ2n) is 4.33. The molecule has 0 saturated carbocycles. The highest BCUT2D eigenvalue weighted by atomic mass is 16.6. The molecule has 0 aliphatic rings. The van der Waals surface area contributed by atoms with Crippen LogP contribution < -0.4 is 9.47 Å². The number of nitrogens with zero attached hydrogens (tertiary/aromatic N) is 1. The molecule has 5 heteroatoms. The van der Waals surface area contributed by atoms with Gasteiger partial charge in [0, 0.05) is 5.56 Å². The number of benzene rings is 1. The summed E-state index contributed by atoms with van der Waals surface area (Å²) in [5.74, 6) is 1.25. The molecule has 20 heavy (non-hydrogen) atoms. The first kappa shape index (κ1) is 14.1. The van der Waals surface area contributed by atoms with Crippen LogP contribution in [0.1, 0.15) is 23.9 Å². The smallest absolute Gasteiger partial charge is 0.315 e. The minimum Gasteiger partial charge on any atom is -0.490 e. The van der Waals surface area contributed by atoms with Gasteiger partial charge in [0.1, 0.15) is 5.76 Å². The number of aryl methyl sites for hydroxylation is 2. The molecule has 1 heterocycles. The first-order chi connectivity index (χ1) is 9.61. The summed E-state index contributed by atoms with van der Waals surface area (Å²) in [6.45, 7) is 5.96. The molecule has 106 valence electrons. The number of rotatable bonds is 5. The van der Waals surface area contributed by atoms with Gasteiger partial charge < -0.3 is 14.0 Å². The normalized spacial score (nSPS) is 10.3. The van der Waals surface area contributed by atoms with Crippen LogP contribution >= 0.6 is 0 Å². The molecule has 1 aromatic carbocycles. The molecule has 2 aromatic rings. The molecular weight excluding hydrogens is 258 g/mol. The van der Waals surface area contributed by atoms with Gasteiger partial charge in [-0.25, -0.2) is 0 Å². The number of aromatic nitrogens is 1. The van der Waals surface area contributed by atoms with Gasteiger partial charge in [-0.05, 0) is 32.9 Å². The fraction of sp³-hybridized carbons (Fsp3) is 0.333. The minimum atomic E-state index is -0.369. The van der Waals surface area contributed by atoms with E-state index in [1.54, 1.807) is 32.0 Å². The summed E-state index contributed by atoms with van der Waals surface area (Å²) in [4.78, 5) is 12.0. The molecular formula is C15H17NO4. The van der Waals surface area contributed by atoms with Gasteiger partial charge >= 0.3 is 5.97 Å². The molecule has 0 N–H and O–H groups in total. The molecule has 0 saturated heterocycles. The molecule has 0 aliphatic carbocycles. The predicted molar refractivity (Wildman–Crippen MR) is 72.9 cm³/mol. The van der Waals surface area contributed by atoms with E-state index in [1.807, 2.05) is 13.0 Å². The number of carbonyl (C=O) groups excluding carboxylic acids is 1. The third-order valence-electron chi connectivity index (χ3n) is 2.88. The van der Waals surface area contributed by atoms with Crippen LogP contribution in [-0.2, 0) is 11.2 Å². The van der Waals surface area contributed by atoms with Crippen molar-refractivity contribution < 1.29 is 18.8 Å². The maximum absolute atomic E-state index is 12.0. The Labute approximate surface area is 117 Å². The molecule has 0 fully saturated rings. The van der Waals surface area contributed by atoms with Crippen molar-refractivity contribution in [2.24, 2.45) is 0 Å². The molecule has 1 aromatic heterocycles. The van der Waals surface area contributed by atoms with Crippen molar-refractivity contribution >= 4 is 5.97 Å². The van der Waals surface area contributed by atoms with Gasteiger partial charge in [-0.15, -0.1) is 0 Å². The van der Waals surface area contributed by atoms with Gasteiger partial charge in [0.05, 0.1) is 18.7 Å². The zero-order valence-electron chi connectivity index (χ0n) is 11.8. The Kier molecular flexibility index (Phi) is 4.40. The van der Waals surface area contributed by atoms with E-state index in [0.29, 0.717) is 29.6 Å². The molecule has 0 radical (unpaired) electrons. The lowest BCUT2D eigenvalue weighted by Crippen LogP contribution is -2.13. The van der Waals surface area contributed by atoms with E-state index in [1.165, 1.54) is 0 Å². The zero-order chi connectivity index (χ0) is 14.5. The lowest BCUT2D eigenvalue weighted by Gasteiger charge is -2.10. The highest BCUT2D eigenvalue weighted by Crippen LogP contribution is 2.27. The molecule has 5 nitrogen and oxygen atoms in total. The van der Waals surface area contributed by atoms with Gasteiger partial charge in [-0.3, -0.25) is 4.79 Å². The van der Waals surface area contributed by atoms with Gasteiger partial charge in [-0.2, -0.15) is 0 Å². The topological polar surface area (TPSA) is 61.6 Å². The predicted octanol–water partition coefficient (Wildman–Crippen LogP) is 2.84. The Morgan fingerprint density at radius 3 is 2.55 bits per heavy atom. The van der Waals surface area contributed by atoms with E-state index in [2.05, 4.69) is 5.16 Å². The molecule has 0 bridgehead atoms. The number of ether oxygens (including phenoxy) is 2. The lowest BCUT2D eigenvalue weighted by molar-refractivity contribution is -0.133. The van der Waals surface area contributed by atoms with Crippen LogP contribution in [0.5, 0.6) is 11.5 Å². The highest BCUT2D eigenvalue weighted by Gasteiger charge is 2.16. The first-order valence-corrected chi connectivity index (χ1v) is 6.46. The first-order valence-electron chi connectivity index (χ1n) is 6.46. The van der Waals surface area contributed by atoms with Crippen molar-refractivity contribution in [2.45, 2.75) is 27.2 Å². The Morgan fingerprint density at radius 2 is 1.95 bits per heavy atom. The van der Waals surface area contributed by atoms with E-state index < -0.39 is 0 Å². The molecule has 2 rings (SSSR count). The van der Waals surface area contributed by atoms with Crippen LogP contribution in [0.4, 0.5) is 0 Å². The van der Waals surface area contributed by atoms with Gasteiger partial charge in [0.25, 0.3) is 0 Å². The van der Waals surface area contributed by atoms with Gasteiger partial charge in [-0.1, -0.05) is 17.3 Å². The lowest BCUT2D eigenvalue weighted by atomic mass is 10.1. The van der Waals surface area contributed by atoms with Gasteiger partial charge in [0.2, 0.25) is 0 Å². The van der Waals surface area contributed by atoms with Crippen LogP contribution in [0, 0.1) is 13.8 Å². The number of esters is 1. The summed E-state index contributed by atoms with van der Waals surface area (Å²) in [5.41, 5.74) is 1.47. The largest absolute Gasteiger partial charge is 0.490 e. The monoisotopic (exact) mass is 275 g/mol. The Bertz CT molecular complexity index is 584. The SMILES string of the molecule is CCOc1ccccc1OC(=O)Cc1c(C)noc1C. The highest BCUT2D eigenvalue weighted by molar-refractivity contribution is 5.76. The van der Waals surface area contributed by atoms with E-state index in [-0.39, 0.29) is 12.4 Å². The number of para-hydroxylation sites is 2. The standard InChI is InChI=1S/C15H17NO4/c1-4-18-13-7-5-6-8-14(13)19-15(17)9-12-10(2)16-20-11(12)3/h5-8H,4,9H2,1-3H3. The van der Waals surface area contributed by atoms with Crippen molar-refractivity contribution in [1.29, 1.82) is 0 Å². The maximum Gasteiger partial charge on any atom is 0.315 e. The van der Waals surface area contributed by atoms with Crippen molar-refractivity contribution in [1.82, 2.24) is 5.16 Å². The van der Waals surface area contributed by atoms with E-state index in [9.17, 15) is 4.79 Å². The van der Waals surface area contributed by atoms with Crippen LogP contribution in [0.2, 0.25) is 0 Å². The summed E-state index contributed by atoms with van der Waals surface area (Å²) < 4.78 is 15.8. The van der Waals surface area contributed by atoms with Crippen molar-refractivity contribution in [3.05, 3.63) is 41.3 Å². The number of hydrogen-bond donors (Lipinski definition) is 0. The minimum absolute atomic E-state index is 0.127. The van der Waals surface area contributed by atoms with E-state index in [0.717, 1.165) is 5.56 Å². The van der Waals surface area contributed by atoms with Crippen LogP contribution in [0.3, 0.4) is 0 Å². The van der Waals surface area contributed by atoms with Crippen LogP contribution in [0.25, 0.3) is 0 Å². The fourth-order valence-electron chi connectivity index (χ4n) is 1.87. The fourth-order valence-corrected chi connectivity index (χ4v) is 1.87. The molecule has 0 aliphatic heterocycles. The van der Waals surface area contributed by atoms with E-state index >= 15 is 0 Å². The Morgan fingerprint density at radius 1 is 1.25 bits per heavy atom.